The molecule has 2 aromatic rings. The Kier molecular flexibility index (Phi) is 3.59. The highest BCUT2D eigenvalue weighted by Gasteiger charge is 2.05. The minimum atomic E-state index is 0.513. The second-order valence-corrected chi connectivity index (χ2v) is 4.23. The van der Waals surface area contributed by atoms with E-state index < -0.39 is 0 Å². The Morgan fingerprint density at radius 1 is 1.24 bits per heavy atom. The summed E-state index contributed by atoms with van der Waals surface area (Å²) in [5, 5.41) is 0.733. The number of aromatic nitrogens is 2. The van der Waals surface area contributed by atoms with E-state index in [2.05, 4.69) is 9.97 Å². The first kappa shape index (κ1) is 11.9. The number of nitrogens with two attached hydrogens (primary N) is 1. The number of nitrogen functional groups attached to an aromatic ring is 1. The quantitative estimate of drug-likeness (QED) is 0.907. The molecule has 0 saturated carbocycles. The van der Waals surface area contributed by atoms with Gasteiger partial charge < -0.3 is 5.73 Å². The molecule has 3 nitrogen and oxygen atoms in total. The van der Waals surface area contributed by atoms with Crippen LogP contribution >= 0.6 is 11.6 Å². The van der Waals surface area contributed by atoms with Crippen LogP contribution in [-0.4, -0.2) is 9.97 Å². The maximum absolute atomic E-state index is 6.10. The summed E-state index contributed by atoms with van der Waals surface area (Å²) >= 11 is 6.10. The van der Waals surface area contributed by atoms with Gasteiger partial charge in [-0.2, -0.15) is 0 Å². The lowest BCUT2D eigenvalue weighted by atomic mass is 10.1. The molecule has 0 radical (unpaired) electrons. The Balaban J connectivity index is 2.30. The molecule has 17 heavy (non-hydrogen) atoms. The molecule has 0 aliphatic heterocycles. The van der Waals surface area contributed by atoms with Crippen molar-refractivity contribution < 1.29 is 0 Å². The van der Waals surface area contributed by atoms with Crippen molar-refractivity contribution in [3.05, 3.63) is 52.4 Å². The van der Waals surface area contributed by atoms with E-state index in [9.17, 15) is 0 Å². The third-order valence-electron chi connectivity index (χ3n) is 2.51. The van der Waals surface area contributed by atoms with Crippen molar-refractivity contribution >= 4 is 17.4 Å². The molecule has 1 heterocycles. The van der Waals surface area contributed by atoms with E-state index in [0.717, 1.165) is 28.5 Å². The second-order valence-electron chi connectivity index (χ2n) is 3.82. The van der Waals surface area contributed by atoms with Crippen molar-refractivity contribution in [1.29, 1.82) is 0 Å². The summed E-state index contributed by atoms with van der Waals surface area (Å²) in [6, 6.07) is 9.50. The molecule has 0 saturated heterocycles. The normalized spacial score (nSPS) is 10.5. The van der Waals surface area contributed by atoms with Crippen LogP contribution in [0.15, 0.2) is 30.3 Å². The zero-order valence-electron chi connectivity index (χ0n) is 9.65. The van der Waals surface area contributed by atoms with Gasteiger partial charge in [0.25, 0.3) is 0 Å². The van der Waals surface area contributed by atoms with E-state index >= 15 is 0 Å². The van der Waals surface area contributed by atoms with Gasteiger partial charge >= 0.3 is 0 Å². The van der Waals surface area contributed by atoms with Gasteiger partial charge in [0.1, 0.15) is 11.6 Å². The molecule has 88 valence electrons. The summed E-state index contributed by atoms with van der Waals surface area (Å²) in [6.45, 7) is 2.04. The van der Waals surface area contributed by atoms with Gasteiger partial charge in [-0.3, -0.25) is 0 Å². The Morgan fingerprint density at radius 2 is 2.00 bits per heavy atom. The van der Waals surface area contributed by atoms with Crippen LogP contribution in [0.4, 0.5) is 5.82 Å². The van der Waals surface area contributed by atoms with E-state index in [1.54, 1.807) is 6.07 Å². The summed E-state index contributed by atoms with van der Waals surface area (Å²) in [6.07, 6.45) is 1.46. The Hall–Kier alpha value is -1.61. The number of aryl methyl sites for hydroxylation is 1. The summed E-state index contributed by atoms with van der Waals surface area (Å²) in [7, 11) is 0. The summed E-state index contributed by atoms with van der Waals surface area (Å²) < 4.78 is 0. The van der Waals surface area contributed by atoms with Crippen LogP contribution < -0.4 is 5.73 Å². The van der Waals surface area contributed by atoms with Crippen LogP contribution in [0, 0.1) is 0 Å². The predicted octanol–water partition coefficient (Wildman–Crippen LogP) is 2.87. The highest BCUT2D eigenvalue weighted by molar-refractivity contribution is 6.31. The maximum atomic E-state index is 6.10. The standard InChI is InChI=1S/C13H14ClN3/c1-2-10-8-12(15)17-13(16-10)7-9-5-3-4-6-11(9)14/h3-6,8H,2,7H2,1H3,(H2,15,16,17). The molecule has 0 aliphatic carbocycles. The number of anilines is 1. The summed E-state index contributed by atoms with van der Waals surface area (Å²) in [5.41, 5.74) is 7.72. The van der Waals surface area contributed by atoms with Gasteiger partial charge in [-0.05, 0) is 18.1 Å². The second kappa shape index (κ2) is 5.15. The van der Waals surface area contributed by atoms with Crippen LogP contribution in [0.25, 0.3) is 0 Å². The molecule has 2 N–H and O–H groups in total. The first-order valence-corrected chi connectivity index (χ1v) is 5.92. The van der Waals surface area contributed by atoms with Crippen LogP contribution in [0.1, 0.15) is 24.0 Å². The van der Waals surface area contributed by atoms with Gasteiger partial charge in [0, 0.05) is 23.2 Å². The molecule has 0 bridgehead atoms. The van der Waals surface area contributed by atoms with E-state index in [1.807, 2.05) is 31.2 Å². The molecule has 4 heteroatoms. The van der Waals surface area contributed by atoms with Crippen LogP contribution in [-0.2, 0) is 12.8 Å². The fourth-order valence-electron chi connectivity index (χ4n) is 1.65. The number of benzene rings is 1. The van der Waals surface area contributed by atoms with Gasteiger partial charge in [0.15, 0.2) is 0 Å². The van der Waals surface area contributed by atoms with E-state index in [0.29, 0.717) is 12.2 Å². The number of halogens is 1. The zero-order chi connectivity index (χ0) is 12.3. The molecule has 1 aromatic heterocycles. The summed E-state index contributed by atoms with van der Waals surface area (Å²) in [5.74, 6) is 1.23. The lowest BCUT2D eigenvalue weighted by Crippen LogP contribution is -2.03. The van der Waals surface area contributed by atoms with Crippen molar-refractivity contribution in [1.82, 2.24) is 9.97 Å². The lowest BCUT2D eigenvalue weighted by molar-refractivity contribution is 0.911. The SMILES string of the molecule is CCc1cc(N)nc(Cc2ccccc2Cl)n1. The highest BCUT2D eigenvalue weighted by atomic mass is 35.5. The average molecular weight is 248 g/mol. The fraction of sp³-hybridized carbons (Fsp3) is 0.231. The van der Waals surface area contributed by atoms with Crippen molar-refractivity contribution in [3.63, 3.8) is 0 Å². The van der Waals surface area contributed by atoms with Crippen LogP contribution in [0.2, 0.25) is 5.02 Å². The molecule has 0 atom stereocenters. The maximum Gasteiger partial charge on any atom is 0.135 e. The smallest absolute Gasteiger partial charge is 0.135 e. The molecule has 0 fully saturated rings. The van der Waals surface area contributed by atoms with Gasteiger partial charge in [-0.1, -0.05) is 36.7 Å². The first-order chi connectivity index (χ1) is 8.19. The molecule has 0 spiro atoms. The van der Waals surface area contributed by atoms with Crippen molar-refractivity contribution in [2.75, 3.05) is 5.73 Å². The molecule has 2 rings (SSSR count). The monoisotopic (exact) mass is 247 g/mol. The van der Waals surface area contributed by atoms with Crippen molar-refractivity contribution in [2.45, 2.75) is 19.8 Å². The molecule has 0 aliphatic rings. The number of hydrogen-bond acceptors (Lipinski definition) is 3. The van der Waals surface area contributed by atoms with Gasteiger partial charge in [0.05, 0.1) is 0 Å². The van der Waals surface area contributed by atoms with Gasteiger partial charge in [0.2, 0.25) is 0 Å². The molecule has 0 amide bonds. The predicted molar refractivity (Wildman–Crippen MR) is 70.1 cm³/mol. The van der Waals surface area contributed by atoms with Crippen molar-refractivity contribution in [3.8, 4) is 0 Å². The third-order valence-corrected chi connectivity index (χ3v) is 2.88. The summed E-state index contributed by atoms with van der Waals surface area (Å²) in [4.78, 5) is 8.66. The third kappa shape index (κ3) is 2.94. The van der Waals surface area contributed by atoms with Crippen LogP contribution in [0.5, 0.6) is 0 Å². The zero-order valence-corrected chi connectivity index (χ0v) is 10.4. The molecular formula is C13H14ClN3. The number of rotatable bonds is 3. The fourth-order valence-corrected chi connectivity index (χ4v) is 1.85. The lowest BCUT2D eigenvalue weighted by Gasteiger charge is -2.05. The molecule has 0 unspecified atom stereocenters. The minimum Gasteiger partial charge on any atom is -0.384 e. The number of hydrogen-bond donors (Lipinski definition) is 1. The topological polar surface area (TPSA) is 51.8 Å². The van der Waals surface area contributed by atoms with Gasteiger partial charge in [-0.15, -0.1) is 0 Å². The van der Waals surface area contributed by atoms with Crippen molar-refractivity contribution in [2.24, 2.45) is 0 Å². The number of nitrogens with zero attached hydrogens (tertiary/aromatic N) is 2. The van der Waals surface area contributed by atoms with Crippen LogP contribution in [0.3, 0.4) is 0 Å². The first-order valence-electron chi connectivity index (χ1n) is 5.54. The largest absolute Gasteiger partial charge is 0.384 e. The van der Waals surface area contributed by atoms with E-state index in [-0.39, 0.29) is 0 Å². The van der Waals surface area contributed by atoms with E-state index in [1.165, 1.54) is 0 Å². The molecular weight excluding hydrogens is 234 g/mol. The van der Waals surface area contributed by atoms with Gasteiger partial charge in [-0.25, -0.2) is 9.97 Å². The minimum absolute atomic E-state index is 0.513. The van der Waals surface area contributed by atoms with E-state index in [4.69, 9.17) is 17.3 Å². The Morgan fingerprint density at radius 3 is 2.71 bits per heavy atom. The average Bonchev–Trinajstić information content (AvgIpc) is 2.31. The Bertz CT molecular complexity index is 526. The Labute approximate surface area is 106 Å². The highest BCUT2D eigenvalue weighted by Crippen LogP contribution is 2.18. The molecule has 1 aromatic carbocycles.